The van der Waals surface area contributed by atoms with E-state index in [1.165, 1.54) is 0 Å². The van der Waals surface area contributed by atoms with Crippen LogP contribution in [0.3, 0.4) is 0 Å². The lowest BCUT2D eigenvalue weighted by Crippen LogP contribution is -2.42. The first kappa shape index (κ1) is 18.3. The summed E-state index contributed by atoms with van der Waals surface area (Å²) in [5.41, 5.74) is 0.600. The number of carbonyl (C=O) groups excluding carboxylic acids is 2. The van der Waals surface area contributed by atoms with Crippen molar-refractivity contribution in [3.63, 3.8) is 0 Å². The highest BCUT2D eigenvalue weighted by atomic mass is 16.6. The third-order valence-electron chi connectivity index (χ3n) is 4.39. The summed E-state index contributed by atoms with van der Waals surface area (Å²) in [6.45, 7) is 10.1. The molecule has 0 radical (unpaired) electrons. The van der Waals surface area contributed by atoms with Gasteiger partial charge in [0, 0.05) is 24.9 Å². The van der Waals surface area contributed by atoms with Gasteiger partial charge in [-0.1, -0.05) is 30.3 Å². The van der Waals surface area contributed by atoms with Gasteiger partial charge in [0.2, 0.25) is 5.91 Å². The molecule has 0 aromatic heterocycles. The molecule has 3 atom stereocenters. The van der Waals surface area contributed by atoms with E-state index >= 15 is 0 Å². The molecule has 1 saturated heterocycles. The first-order chi connectivity index (χ1) is 11.2. The SMILES string of the molecule is C[C@H](NC(=O)OC(C)(C)C)[C@@H]1CC(=O)N([C@H](C)c2ccccc2)C1. The van der Waals surface area contributed by atoms with Crippen LogP contribution in [-0.4, -0.2) is 35.1 Å². The maximum atomic E-state index is 12.4. The number of alkyl carbamates (subject to hydrolysis) is 1. The lowest BCUT2D eigenvalue weighted by molar-refractivity contribution is -0.129. The van der Waals surface area contributed by atoms with Gasteiger partial charge in [-0.3, -0.25) is 4.79 Å². The first-order valence-corrected chi connectivity index (χ1v) is 8.51. The number of hydrogen-bond donors (Lipinski definition) is 1. The Morgan fingerprint density at radius 3 is 2.46 bits per heavy atom. The summed E-state index contributed by atoms with van der Waals surface area (Å²) in [5, 5.41) is 2.86. The normalized spacial score (nSPS) is 20.6. The summed E-state index contributed by atoms with van der Waals surface area (Å²) in [5.74, 6) is 0.227. The lowest BCUT2D eigenvalue weighted by Gasteiger charge is -2.27. The zero-order chi connectivity index (χ0) is 17.9. The molecule has 1 heterocycles. The summed E-state index contributed by atoms with van der Waals surface area (Å²) in [6.07, 6.45) is 0.0192. The quantitative estimate of drug-likeness (QED) is 0.918. The molecule has 1 N–H and O–H groups in total. The fourth-order valence-electron chi connectivity index (χ4n) is 2.99. The van der Waals surface area contributed by atoms with E-state index in [-0.39, 0.29) is 23.9 Å². The molecule has 1 aliphatic heterocycles. The number of benzene rings is 1. The van der Waals surface area contributed by atoms with Gasteiger partial charge >= 0.3 is 6.09 Å². The van der Waals surface area contributed by atoms with E-state index < -0.39 is 11.7 Å². The van der Waals surface area contributed by atoms with Gasteiger partial charge in [0.15, 0.2) is 0 Å². The summed E-state index contributed by atoms with van der Waals surface area (Å²) in [6, 6.07) is 9.93. The van der Waals surface area contributed by atoms with Crippen LogP contribution >= 0.6 is 0 Å². The zero-order valence-corrected chi connectivity index (χ0v) is 15.2. The van der Waals surface area contributed by atoms with Crippen LogP contribution in [0.1, 0.15) is 52.6 Å². The minimum Gasteiger partial charge on any atom is -0.444 e. The van der Waals surface area contributed by atoms with Gasteiger partial charge < -0.3 is 15.0 Å². The molecule has 5 heteroatoms. The van der Waals surface area contributed by atoms with Gasteiger partial charge in [0.1, 0.15) is 5.60 Å². The monoisotopic (exact) mass is 332 g/mol. The summed E-state index contributed by atoms with van der Waals surface area (Å²) in [7, 11) is 0. The molecule has 1 aromatic carbocycles. The van der Waals surface area contributed by atoms with Crippen LogP contribution in [0, 0.1) is 5.92 Å². The minimum atomic E-state index is -0.525. The molecular weight excluding hydrogens is 304 g/mol. The largest absolute Gasteiger partial charge is 0.444 e. The van der Waals surface area contributed by atoms with Crippen molar-refractivity contribution in [3.05, 3.63) is 35.9 Å². The number of likely N-dealkylation sites (tertiary alicyclic amines) is 1. The van der Waals surface area contributed by atoms with Crippen molar-refractivity contribution < 1.29 is 14.3 Å². The summed E-state index contributed by atoms with van der Waals surface area (Å²) < 4.78 is 5.29. The van der Waals surface area contributed by atoms with Crippen molar-refractivity contribution in [2.24, 2.45) is 5.92 Å². The molecule has 132 valence electrons. The van der Waals surface area contributed by atoms with Crippen molar-refractivity contribution >= 4 is 12.0 Å². The molecule has 5 nitrogen and oxygen atoms in total. The lowest BCUT2D eigenvalue weighted by atomic mass is 10.0. The number of nitrogens with zero attached hydrogens (tertiary/aromatic N) is 1. The van der Waals surface area contributed by atoms with Crippen LogP contribution < -0.4 is 5.32 Å². The molecule has 1 aromatic rings. The fraction of sp³-hybridized carbons (Fsp3) is 0.579. The predicted octanol–water partition coefficient (Wildman–Crippen LogP) is 3.51. The average molecular weight is 332 g/mol. The highest BCUT2D eigenvalue weighted by molar-refractivity contribution is 5.79. The van der Waals surface area contributed by atoms with E-state index in [9.17, 15) is 9.59 Å². The van der Waals surface area contributed by atoms with E-state index in [0.29, 0.717) is 13.0 Å². The summed E-state index contributed by atoms with van der Waals surface area (Å²) >= 11 is 0. The van der Waals surface area contributed by atoms with Gasteiger partial charge in [-0.25, -0.2) is 4.79 Å². The molecule has 1 fully saturated rings. The van der Waals surface area contributed by atoms with Gasteiger partial charge in [-0.15, -0.1) is 0 Å². The number of amides is 2. The van der Waals surface area contributed by atoms with Crippen molar-refractivity contribution in [1.29, 1.82) is 0 Å². The van der Waals surface area contributed by atoms with E-state index in [0.717, 1.165) is 5.56 Å². The van der Waals surface area contributed by atoms with E-state index in [1.807, 2.05) is 69.9 Å². The number of rotatable bonds is 4. The van der Waals surface area contributed by atoms with Crippen LogP contribution in [0.5, 0.6) is 0 Å². The molecule has 24 heavy (non-hydrogen) atoms. The van der Waals surface area contributed by atoms with Gasteiger partial charge in [-0.05, 0) is 40.2 Å². The van der Waals surface area contributed by atoms with Crippen molar-refractivity contribution in [1.82, 2.24) is 10.2 Å². The van der Waals surface area contributed by atoms with Crippen LogP contribution in [0.25, 0.3) is 0 Å². The Morgan fingerprint density at radius 1 is 1.25 bits per heavy atom. The van der Waals surface area contributed by atoms with Gasteiger partial charge in [0.25, 0.3) is 0 Å². The van der Waals surface area contributed by atoms with Crippen LogP contribution in [0.2, 0.25) is 0 Å². The van der Waals surface area contributed by atoms with Crippen LogP contribution in [0.4, 0.5) is 4.79 Å². The number of nitrogens with one attached hydrogen (secondary N) is 1. The Balaban J connectivity index is 1.95. The Bertz CT molecular complexity index is 580. The number of carbonyl (C=O) groups is 2. The first-order valence-electron chi connectivity index (χ1n) is 8.51. The Hall–Kier alpha value is -2.04. The molecule has 2 rings (SSSR count). The molecule has 2 amide bonds. The number of hydrogen-bond acceptors (Lipinski definition) is 3. The second-order valence-electron chi connectivity index (χ2n) is 7.53. The van der Waals surface area contributed by atoms with Gasteiger partial charge in [-0.2, -0.15) is 0 Å². The second-order valence-corrected chi connectivity index (χ2v) is 7.53. The van der Waals surface area contributed by atoms with Gasteiger partial charge in [0.05, 0.1) is 6.04 Å². The van der Waals surface area contributed by atoms with Crippen molar-refractivity contribution in [3.8, 4) is 0 Å². The third-order valence-corrected chi connectivity index (χ3v) is 4.39. The van der Waals surface area contributed by atoms with Crippen molar-refractivity contribution in [2.45, 2.75) is 58.7 Å². The standard InChI is InChI=1S/C19H28N2O3/c1-13(20-18(23)24-19(3,4)5)16-11-17(22)21(12-16)14(2)15-9-7-6-8-10-15/h6-10,13-14,16H,11-12H2,1-5H3,(H,20,23)/t13-,14+,16+/m0/s1. The maximum absolute atomic E-state index is 12.4. The molecular formula is C19H28N2O3. The maximum Gasteiger partial charge on any atom is 0.407 e. The highest BCUT2D eigenvalue weighted by Crippen LogP contribution is 2.30. The molecule has 0 bridgehead atoms. The van der Waals surface area contributed by atoms with E-state index in [1.54, 1.807) is 0 Å². The molecule has 0 aliphatic carbocycles. The molecule has 0 unspecified atom stereocenters. The third kappa shape index (κ3) is 4.73. The smallest absolute Gasteiger partial charge is 0.407 e. The molecule has 0 spiro atoms. The molecule has 0 saturated carbocycles. The molecule has 1 aliphatic rings. The van der Waals surface area contributed by atoms with Crippen LogP contribution in [-0.2, 0) is 9.53 Å². The zero-order valence-electron chi connectivity index (χ0n) is 15.2. The Morgan fingerprint density at radius 2 is 1.88 bits per heavy atom. The summed E-state index contributed by atoms with van der Waals surface area (Å²) in [4.78, 5) is 26.2. The van der Waals surface area contributed by atoms with Crippen molar-refractivity contribution in [2.75, 3.05) is 6.54 Å². The van der Waals surface area contributed by atoms with E-state index in [4.69, 9.17) is 4.74 Å². The Kier molecular flexibility index (Phi) is 5.52. The number of ether oxygens (including phenoxy) is 1. The van der Waals surface area contributed by atoms with Crippen LogP contribution in [0.15, 0.2) is 30.3 Å². The minimum absolute atomic E-state index is 0.0393. The predicted molar refractivity (Wildman–Crippen MR) is 93.5 cm³/mol. The fourth-order valence-corrected chi connectivity index (χ4v) is 2.99. The topological polar surface area (TPSA) is 58.6 Å². The highest BCUT2D eigenvalue weighted by Gasteiger charge is 2.36. The Labute approximate surface area is 144 Å². The average Bonchev–Trinajstić information content (AvgIpc) is 2.87. The second kappa shape index (κ2) is 7.24. The van der Waals surface area contributed by atoms with E-state index in [2.05, 4.69) is 5.32 Å².